The van der Waals surface area contributed by atoms with Crippen LogP contribution in [0.5, 0.6) is 0 Å². The topological polar surface area (TPSA) is 89.2 Å². The van der Waals surface area contributed by atoms with Crippen molar-refractivity contribution in [2.75, 3.05) is 42.2 Å². The smallest absolute Gasteiger partial charge is 0.231 e. The van der Waals surface area contributed by atoms with Crippen molar-refractivity contribution >= 4 is 17.8 Å². The minimum Gasteiger partial charge on any atom is -0.374 e. The van der Waals surface area contributed by atoms with E-state index in [0.717, 1.165) is 13.1 Å². The third kappa shape index (κ3) is 4.70. The van der Waals surface area contributed by atoms with Crippen LogP contribution in [0.2, 0.25) is 0 Å². The monoisotopic (exact) mass is 294 g/mol. The zero-order valence-electron chi connectivity index (χ0n) is 13.2. The van der Waals surface area contributed by atoms with Gasteiger partial charge in [-0.1, -0.05) is 0 Å². The first kappa shape index (κ1) is 15.8. The van der Waals surface area contributed by atoms with E-state index in [1.54, 1.807) is 0 Å². The molecule has 3 N–H and O–H groups in total. The molecule has 0 aromatic carbocycles. The fourth-order valence-corrected chi connectivity index (χ4v) is 2.43. The van der Waals surface area contributed by atoms with Gasteiger partial charge in [0.25, 0.3) is 0 Å². The average Bonchev–Trinajstić information content (AvgIpc) is 2.46. The number of piperidine rings is 1. The summed E-state index contributed by atoms with van der Waals surface area (Å²) in [7, 11) is 0. The highest BCUT2D eigenvalue weighted by Crippen LogP contribution is 2.18. The van der Waals surface area contributed by atoms with Gasteiger partial charge in [0, 0.05) is 26.2 Å². The maximum atomic E-state index is 5.80. The highest BCUT2D eigenvalue weighted by atomic mass is 16.5. The largest absolute Gasteiger partial charge is 0.374 e. The molecule has 0 unspecified atom stereocenters. The van der Waals surface area contributed by atoms with Crippen LogP contribution in [0.1, 0.15) is 40.0 Å². The molecule has 1 fully saturated rings. The molecule has 2 rings (SSSR count). The molecule has 0 bridgehead atoms. The molecule has 0 saturated carbocycles. The van der Waals surface area contributed by atoms with Crippen molar-refractivity contribution in [3.05, 3.63) is 0 Å². The molecular formula is C14H26N6O. The van der Waals surface area contributed by atoms with Crippen molar-refractivity contribution < 1.29 is 4.74 Å². The molecule has 21 heavy (non-hydrogen) atoms. The van der Waals surface area contributed by atoms with Gasteiger partial charge in [-0.05, 0) is 40.0 Å². The predicted molar refractivity (Wildman–Crippen MR) is 84.5 cm³/mol. The molecule has 0 aliphatic carbocycles. The van der Waals surface area contributed by atoms with E-state index in [1.807, 2.05) is 20.8 Å². The zero-order chi connectivity index (χ0) is 15.3. The Balaban J connectivity index is 2.04. The van der Waals surface area contributed by atoms with Gasteiger partial charge in [0.05, 0.1) is 5.60 Å². The van der Waals surface area contributed by atoms with E-state index in [4.69, 9.17) is 10.5 Å². The molecule has 1 aromatic rings. The van der Waals surface area contributed by atoms with Gasteiger partial charge in [0.2, 0.25) is 17.8 Å². The van der Waals surface area contributed by atoms with Crippen molar-refractivity contribution in [1.82, 2.24) is 15.0 Å². The number of rotatable bonds is 6. The van der Waals surface area contributed by atoms with E-state index >= 15 is 0 Å². The number of hydrogen-bond donors (Lipinski definition) is 2. The maximum Gasteiger partial charge on any atom is 0.231 e. The Morgan fingerprint density at radius 1 is 1.19 bits per heavy atom. The standard InChI is InChI=1S/C14H26N6O/c1-4-21-14(2,3)10-16-12-17-11(15)18-13(19-12)20-8-6-5-7-9-20/h4-10H2,1-3H3,(H3,15,16,17,18,19). The number of nitrogens with one attached hydrogen (secondary N) is 1. The number of anilines is 3. The van der Waals surface area contributed by atoms with Crippen LogP contribution in [0, 0.1) is 0 Å². The molecule has 1 aliphatic heterocycles. The summed E-state index contributed by atoms with van der Waals surface area (Å²) in [6, 6.07) is 0. The van der Waals surface area contributed by atoms with E-state index in [1.165, 1.54) is 19.3 Å². The van der Waals surface area contributed by atoms with Crippen LogP contribution in [-0.2, 0) is 4.74 Å². The van der Waals surface area contributed by atoms with E-state index < -0.39 is 0 Å². The molecule has 0 amide bonds. The van der Waals surface area contributed by atoms with Crippen molar-refractivity contribution in [2.24, 2.45) is 0 Å². The summed E-state index contributed by atoms with van der Waals surface area (Å²) in [5.41, 5.74) is 5.53. The van der Waals surface area contributed by atoms with Gasteiger partial charge in [-0.2, -0.15) is 15.0 Å². The normalized spacial score (nSPS) is 16.0. The lowest BCUT2D eigenvalue weighted by molar-refractivity contribution is 0.000580. The second kappa shape index (κ2) is 6.89. The Hall–Kier alpha value is -1.63. The molecule has 2 heterocycles. The molecule has 0 spiro atoms. The Morgan fingerprint density at radius 3 is 2.57 bits per heavy atom. The molecule has 7 heteroatoms. The van der Waals surface area contributed by atoms with E-state index in [0.29, 0.717) is 25.0 Å². The molecule has 118 valence electrons. The molecule has 1 aliphatic rings. The number of nitrogens with two attached hydrogens (primary N) is 1. The highest BCUT2D eigenvalue weighted by Gasteiger charge is 2.19. The van der Waals surface area contributed by atoms with Crippen LogP contribution >= 0.6 is 0 Å². The van der Waals surface area contributed by atoms with Crippen molar-refractivity contribution in [1.29, 1.82) is 0 Å². The Morgan fingerprint density at radius 2 is 1.90 bits per heavy atom. The van der Waals surface area contributed by atoms with Crippen LogP contribution < -0.4 is 16.0 Å². The van der Waals surface area contributed by atoms with Gasteiger partial charge >= 0.3 is 0 Å². The summed E-state index contributed by atoms with van der Waals surface area (Å²) in [5.74, 6) is 1.43. The predicted octanol–water partition coefficient (Wildman–Crippen LogP) is 1.67. The van der Waals surface area contributed by atoms with E-state index in [-0.39, 0.29) is 11.5 Å². The molecular weight excluding hydrogens is 268 g/mol. The van der Waals surface area contributed by atoms with E-state index in [2.05, 4.69) is 25.2 Å². The van der Waals surface area contributed by atoms with Crippen molar-refractivity contribution in [3.63, 3.8) is 0 Å². The van der Waals surface area contributed by atoms with E-state index in [9.17, 15) is 0 Å². The average molecular weight is 294 g/mol. The summed E-state index contributed by atoms with van der Waals surface area (Å²) in [5, 5.41) is 3.20. The Labute approximate surface area is 126 Å². The van der Waals surface area contributed by atoms with Gasteiger partial charge in [-0.15, -0.1) is 0 Å². The first-order valence-corrected chi connectivity index (χ1v) is 7.64. The number of ether oxygens (including phenoxy) is 1. The minimum absolute atomic E-state index is 0.252. The lowest BCUT2D eigenvalue weighted by Gasteiger charge is -2.27. The van der Waals surface area contributed by atoms with Crippen LogP contribution in [0.25, 0.3) is 0 Å². The summed E-state index contributed by atoms with van der Waals surface area (Å²) >= 11 is 0. The number of nitrogen functional groups attached to an aromatic ring is 1. The van der Waals surface area contributed by atoms with Crippen LogP contribution in [-0.4, -0.2) is 46.8 Å². The molecule has 0 radical (unpaired) electrons. The quantitative estimate of drug-likeness (QED) is 0.825. The SMILES string of the molecule is CCOC(C)(C)CNc1nc(N)nc(N2CCCCC2)n1. The van der Waals surface area contributed by atoms with Gasteiger partial charge < -0.3 is 20.7 Å². The van der Waals surface area contributed by atoms with Gasteiger partial charge in [-0.3, -0.25) is 0 Å². The maximum absolute atomic E-state index is 5.80. The molecule has 1 aromatic heterocycles. The van der Waals surface area contributed by atoms with Crippen molar-refractivity contribution in [2.45, 2.75) is 45.6 Å². The lowest BCUT2D eigenvalue weighted by Crippen LogP contribution is -2.34. The number of aromatic nitrogens is 3. The summed E-state index contributed by atoms with van der Waals surface area (Å²) in [6.45, 7) is 9.29. The first-order valence-electron chi connectivity index (χ1n) is 7.64. The Kier molecular flexibility index (Phi) is 5.17. The van der Waals surface area contributed by atoms with Gasteiger partial charge in [-0.25, -0.2) is 0 Å². The number of hydrogen-bond acceptors (Lipinski definition) is 7. The second-order valence-corrected chi connectivity index (χ2v) is 5.91. The van der Waals surface area contributed by atoms with Crippen LogP contribution in [0.4, 0.5) is 17.8 Å². The van der Waals surface area contributed by atoms with Crippen LogP contribution in [0.15, 0.2) is 0 Å². The third-order valence-electron chi connectivity index (χ3n) is 3.49. The summed E-state index contributed by atoms with van der Waals surface area (Å²) in [4.78, 5) is 15.0. The van der Waals surface area contributed by atoms with Crippen LogP contribution in [0.3, 0.4) is 0 Å². The summed E-state index contributed by atoms with van der Waals surface area (Å²) < 4.78 is 5.65. The molecule has 0 atom stereocenters. The molecule has 1 saturated heterocycles. The number of nitrogens with zero attached hydrogens (tertiary/aromatic N) is 4. The highest BCUT2D eigenvalue weighted by molar-refractivity contribution is 5.42. The lowest BCUT2D eigenvalue weighted by atomic mass is 10.1. The van der Waals surface area contributed by atoms with Gasteiger partial charge in [0.1, 0.15) is 0 Å². The minimum atomic E-state index is -0.276. The fourth-order valence-electron chi connectivity index (χ4n) is 2.43. The van der Waals surface area contributed by atoms with Gasteiger partial charge in [0.15, 0.2) is 0 Å². The Bertz CT molecular complexity index is 459. The van der Waals surface area contributed by atoms with Crippen molar-refractivity contribution in [3.8, 4) is 0 Å². The third-order valence-corrected chi connectivity index (χ3v) is 3.49. The zero-order valence-corrected chi connectivity index (χ0v) is 13.2. The fraction of sp³-hybridized carbons (Fsp3) is 0.786. The molecule has 7 nitrogen and oxygen atoms in total. The first-order chi connectivity index (χ1) is 10.00. The summed E-state index contributed by atoms with van der Waals surface area (Å²) in [6.07, 6.45) is 3.61. The second-order valence-electron chi connectivity index (χ2n) is 5.91.